The number of hydrogen-bond donors (Lipinski definition) is 0. The van der Waals surface area contributed by atoms with Gasteiger partial charge < -0.3 is 7.66 Å². The molecule has 0 fully saturated rings. The summed E-state index contributed by atoms with van der Waals surface area (Å²) in [5, 5.41) is 0. The second kappa shape index (κ2) is 83.3. The van der Waals surface area contributed by atoms with Crippen LogP contribution >= 0.6 is 32.5 Å². The fraction of sp³-hybridized carbons (Fsp3) is 0.714. The van der Waals surface area contributed by atoms with E-state index in [1.165, 1.54) is 38.5 Å². The van der Waals surface area contributed by atoms with Crippen LogP contribution in [-0.2, 0) is 17.2 Å². The molecule has 0 rings (SSSR count). The molecule has 0 aromatic heterocycles. The van der Waals surface area contributed by atoms with Crippen molar-refractivity contribution in [3.05, 3.63) is 41.5 Å². The topological polar surface area (TPSA) is 52.6 Å². The average Bonchev–Trinajstić information content (AvgIpc) is 2.91. The van der Waals surface area contributed by atoms with Crippen LogP contribution in [0.2, 0.25) is 0 Å². The molecular formula is C28H58Br2O4Sn2. The summed E-state index contributed by atoms with van der Waals surface area (Å²) >= 11 is 4.95. The van der Waals surface area contributed by atoms with Crippen molar-refractivity contribution in [1.82, 2.24) is 0 Å². The maximum absolute atomic E-state index is 10.3. The maximum atomic E-state index is 10.3. The van der Waals surface area contributed by atoms with E-state index in [1.54, 1.807) is 0 Å². The third-order valence-electron chi connectivity index (χ3n) is 2.83. The minimum absolute atomic E-state index is 0. The molecule has 8 heteroatoms. The number of hydrogen-bond acceptors (Lipinski definition) is 4. The molecule has 0 amide bonds. The molecule has 14 radical (unpaired) electrons. The molecular weight excluding hydrogens is 798 g/mol. The van der Waals surface area contributed by atoms with Crippen LogP contribution in [0.4, 0.5) is 0 Å². The zero-order valence-electron chi connectivity index (χ0n) is 24.5. The van der Waals surface area contributed by atoms with E-state index < -0.39 is 11.9 Å². The summed E-state index contributed by atoms with van der Waals surface area (Å²) in [6.07, 6.45) is 13.7. The molecule has 0 saturated heterocycles. The number of carbonyl (C=O) groups is 2. The van der Waals surface area contributed by atoms with Crippen LogP contribution in [0.1, 0.15) is 131 Å². The maximum Gasteiger partial charge on any atom is 0.317 e. The second-order valence-corrected chi connectivity index (χ2v) is 7.17. The van der Waals surface area contributed by atoms with Crippen LogP contribution < -0.4 is 0 Å². The average molecular weight is 856 g/mol. The van der Waals surface area contributed by atoms with Crippen molar-refractivity contribution >= 4 is 92.3 Å². The Morgan fingerprint density at radius 1 is 0.472 bits per heavy atom. The van der Waals surface area contributed by atoms with Crippen LogP contribution in [-0.4, -0.2) is 59.8 Å². The molecule has 0 saturated carbocycles. The van der Waals surface area contributed by atoms with Crippen LogP contribution in [0.25, 0.3) is 0 Å². The quantitative estimate of drug-likeness (QED) is 0.217. The van der Waals surface area contributed by atoms with Crippen LogP contribution in [0.15, 0.2) is 0 Å². The Balaban J connectivity index is -0.0000000350. The summed E-state index contributed by atoms with van der Waals surface area (Å²) in [7, 11) is 0. The monoisotopic (exact) mass is 856 g/mol. The van der Waals surface area contributed by atoms with Crippen molar-refractivity contribution in [2.45, 2.75) is 131 Å². The van der Waals surface area contributed by atoms with Crippen LogP contribution in [0, 0.1) is 41.5 Å². The van der Waals surface area contributed by atoms with E-state index in [4.69, 9.17) is 0 Å². The van der Waals surface area contributed by atoms with Gasteiger partial charge in [0.1, 0.15) is 0 Å². The minimum atomic E-state index is -0.502. The minimum Gasteiger partial charge on any atom is -0.384 e. The number of carbonyl (C=O) groups excluding carboxylic acids is 2. The molecule has 0 atom stereocenters. The van der Waals surface area contributed by atoms with Crippen molar-refractivity contribution < 1.29 is 17.2 Å². The number of rotatable bonds is 9. The summed E-state index contributed by atoms with van der Waals surface area (Å²) in [4.78, 5) is 20.7. The van der Waals surface area contributed by atoms with E-state index in [2.05, 4.69) is 123 Å². The van der Waals surface area contributed by atoms with Gasteiger partial charge in [-0.15, -0.1) is 0 Å². The predicted octanol–water partition coefficient (Wildman–Crippen LogP) is 10.4. The summed E-state index contributed by atoms with van der Waals surface area (Å²) in [6, 6.07) is 0. The van der Waals surface area contributed by atoms with Gasteiger partial charge in [-0.05, 0) is 0 Å². The van der Waals surface area contributed by atoms with Crippen molar-refractivity contribution in [2.24, 2.45) is 0 Å². The molecule has 0 aliphatic heterocycles. The Bertz CT molecular complexity index is 242. The van der Waals surface area contributed by atoms with Crippen LogP contribution in [0.5, 0.6) is 0 Å². The molecule has 0 heterocycles. The molecule has 36 heavy (non-hydrogen) atoms. The largest absolute Gasteiger partial charge is 0.384 e. The Morgan fingerprint density at radius 2 is 0.583 bits per heavy atom. The summed E-state index contributed by atoms with van der Waals surface area (Å²) < 4.78 is 8.19. The first kappa shape index (κ1) is 61.5. The standard InChI is InChI=1S/C4H4Br2O4.6C4H9.2Sn/c5-9-3(7)1-2-4(8)10-6;6*1-3-4-2;;/h1-2H2;6*1,3-4H2,2H3;;. The van der Waals surface area contributed by atoms with Gasteiger partial charge in [-0.2, -0.15) is 0 Å². The van der Waals surface area contributed by atoms with Crippen molar-refractivity contribution in [3.63, 3.8) is 0 Å². The van der Waals surface area contributed by atoms with Crippen molar-refractivity contribution in [3.8, 4) is 0 Å². The molecule has 0 aromatic carbocycles. The van der Waals surface area contributed by atoms with Gasteiger partial charge >= 0.3 is 11.9 Å². The molecule has 0 spiro atoms. The molecule has 4 nitrogen and oxygen atoms in total. The van der Waals surface area contributed by atoms with E-state index >= 15 is 0 Å². The fourth-order valence-corrected chi connectivity index (χ4v) is 0.605. The van der Waals surface area contributed by atoms with Gasteiger partial charge in [0.05, 0.1) is 12.8 Å². The smallest absolute Gasteiger partial charge is 0.317 e. The van der Waals surface area contributed by atoms with E-state index in [0.29, 0.717) is 0 Å². The second-order valence-electron chi connectivity index (χ2n) is 6.52. The molecule has 216 valence electrons. The Morgan fingerprint density at radius 3 is 0.639 bits per heavy atom. The van der Waals surface area contributed by atoms with Crippen molar-refractivity contribution in [2.75, 3.05) is 0 Å². The molecule has 0 aromatic rings. The van der Waals surface area contributed by atoms with E-state index in [-0.39, 0.29) is 60.7 Å². The summed E-state index contributed by atoms with van der Waals surface area (Å²) in [5.41, 5.74) is 0. The van der Waals surface area contributed by atoms with Gasteiger partial charge in [-0.25, -0.2) is 0 Å². The van der Waals surface area contributed by atoms with Gasteiger partial charge in [0.25, 0.3) is 0 Å². The number of halogens is 2. The fourth-order valence-electron chi connectivity index (χ4n) is 0.281. The Labute approximate surface area is 280 Å². The van der Waals surface area contributed by atoms with Gasteiger partial charge in [-0.3, -0.25) is 9.59 Å². The predicted molar refractivity (Wildman–Crippen MR) is 172 cm³/mol. The van der Waals surface area contributed by atoms with Crippen molar-refractivity contribution in [1.29, 1.82) is 0 Å². The molecule has 0 N–H and O–H groups in total. The Hall–Kier alpha value is 1.50. The molecule has 0 unspecified atom stereocenters. The summed E-state index contributed by atoms with van der Waals surface area (Å²) in [6.45, 7) is 34.3. The Kier molecular flexibility index (Phi) is 142. The molecule has 0 aliphatic rings. The van der Waals surface area contributed by atoms with E-state index in [1.807, 2.05) is 0 Å². The third-order valence-corrected chi connectivity index (χ3v) is 3.55. The van der Waals surface area contributed by atoms with Crippen LogP contribution in [0.3, 0.4) is 0 Å². The summed E-state index contributed by atoms with van der Waals surface area (Å²) in [5.74, 6) is -1.00. The molecule has 0 aliphatic carbocycles. The van der Waals surface area contributed by atoms with Gasteiger partial charge in [0.15, 0.2) is 32.5 Å². The van der Waals surface area contributed by atoms with E-state index in [0.717, 1.165) is 38.5 Å². The van der Waals surface area contributed by atoms with E-state index in [9.17, 15) is 9.59 Å². The first-order valence-electron chi connectivity index (χ1n) is 12.6. The zero-order chi connectivity index (χ0) is 28.5. The normalized spacial score (nSPS) is 7.39. The number of unbranched alkanes of at least 4 members (excludes halogenated alkanes) is 6. The van der Waals surface area contributed by atoms with Gasteiger partial charge in [0.2, 0.25) is 0 Å². The third kappa shape index (κ3) is 155. The molecule has 0 bridgehead atoms. The SMILES string of the molecule is O=C(CCC(=O)OBr)OBr.[CH2]CCC.[CH2]CCC.[CH2]CCC.[CH2]CCC.[CH2]CCC.[CH2]CCC.[Sn].[Sn]. The van der Waals surface area contributed by atoms with Gasteiger partial charge in [0, 0.05) is 47.8 Å². The first-order chi connectivity index (χ1) is 16.2. The zero-order valence-corrected chi connectivity index (χ0v) is 33.4. The van der Waals surface area contributed by atoms with Gasteiger partial charge in [-0.1, -0.05) is 160 Å². The first-order valence-corrected chi connectivity index (χ1v) is 13.9.